The minimum Gasteiger partial charge on any atom is -0.392 e. The molecule has 0 aromatic rings. The zero-order chi connectivity index (χ0) is 13.8. The molecule has 0 aromatic carbocycles. The zero-order valence-corrected chi connectivity index (χ0v) is 13.3. The molecule has 3 unspecified atom stereocenters. The van der Waals surface area contributed by atoms with E-state index in [1.807, 2.05) is 0 Å². The van der Waals surface area contributed by atoms with Gasteiger partial charge in [0.25, 0.3) is 0 Å². The Morgan fingerprint density at radius 2 is 1.00 bits per heavy atom. The Bertz CT molecular complexity index is 431. The first kappa shape index (κ1) is 12.4. The zero-order valence-electron chi connectivity index (χ0n) is 13.3. The summed E-state index contributed by atoms with van der Waals surface area (Å²) in [6.07, 6.45) is 16.3. The second-order valence-electron chi connectivity index (χ2n) is 10.4. The van der Waals surface area contributed by atoms with Crippen LogP contribution in [0.25, 0.3) is 0 Å². The fraction of sp³-hybridized carbons (Fsp3) is 1.00. The van der Waals surface area contributed by atoms with Gasteiger partial charge in [0.1, 0.15) is 0 Å². The summed E-state index contributed by atoms with van der Waals surface area (Å²) in [5.74, 6) is 5.77. The van der Waals surface area contributed by atoms with E-state index in [-0.39, 0.29) is 6.10 Å². The van der Waals surface area contributed by atoms with Gasteiger partial charge < -0.3 is 5.11 Å². The first-order valence-corrected chi connectivity index (χ1v) is 9.84. The number of aliphatic hydroxyl groups excluding tert-OH is 1. The molecule has 8 rings (SSSR count). The molecule has 1 heteroatoms. The topological polar surface area (TPSA) is 20.2 Å². The molecule has 0 spiro atoms. The van der Waals surface area contributed by atoms with E-state index < -0.39 is 0 Å². The third-order valence-electron chi connectivity index (χ3n) is 9.35. The minimum atomic E-state index is 0.0709. The highest BCUT2D eigenvalue weighted by molar-refractivity contribution is 5.17. The van der Waals surface area contributed by atoms with Crippen LogP contribution in [0.1, 0.15) is 70.6 Å². The van der Waals surface area contributed by atoms with Crippen LogP contribution in [0.15, 0.2) is 0 Å². The smallest absolute Gasteiger partial charge is 0.0630 e. The van der Waals surface area contributed by atoms with Gasteiger partial charge in [0, 0.05) is 5.41 Å². The van der Waals surface area contributed by atoms with Crippen LogP contribution >= 0.6 is 0 Å². The van der Waals surface area contributed by atoms with Crippen molar-refractivity contribution < 1.29 is 5.11 Å². The van der Waals surface area contributed by atoms with Crippen LogP contribution in [-0.2, 0) is 0 Å². The third kappa shape index (κ3) is 1.39. The highest BCUT2D eigenvalue weighted by atomic mass is 16.3. The van der Waals surface area contributed by atoms with Gasteiger partial charge >= 0.3 is 0 Å². The van der Waals surface area contributed by atoms with Gasteiger partial charge in [-0.05, 0) is 112 Å². The molecule has 116 valence electrons. The van der Waals surface area contributed by atoms with Gasteiger partial charge in [0.05, 0.1) is 6.10 Å². The van der Waals surface area contributed by atoms with Crippen molar-refractivity contribution in [1.29, 1.82) is 0 Å². The summed E-state index contributed by atoms with van der Waals surface area (Å²) in [6, 6.07) is 0. The Morgan fingerprint density at radius 3 is 1.48 bits per heavy atom. The Balaban J connectivity index is 1.47. The van der Waals surface area contributed by atoms with Gasteiger partial charge in [0.2, 0.25) is 0 Å². The molecule has 0 amide bonds. The largest absolute Gasteiger partial charge is 0.392 e. The molecule has 3 atom stereocenters. The summed E-state index contributed by atoms with van der Waals surface area (Å²) >= 11 is 0. The lowest BCUT2D eigenvalue weighted by molar-refractivity contribution is -0.252. The molecule has 1 nitrogen and oxygen atoms in total. The first-order chi connectivity index (χ1) is 10.2. The average Bonchev–Trinajstić information content (AvgIpc) is 2.42. The molecule has 0 aliphatic heterocycles. The maximum atomic E-state index is 11.3. The Morgan fingerprint density at radius 1 is 0.571 bits per heavy atom. The van der Waals surface area contributed by atoms with Crippen LogP contribution in [0.2, 0.25) is 0 Å². The van der Waals surface area contributed by atoms with Crippen molar-refractivity contribution in [3.8, 4) is 0 Å². The molecular formula is C20H30O. The highest BCUT2D eigenvalue weighted by Gasteiger charge is 2.68. The Hall–Kier alpha value is -0.0400. The molecule has 0 heterocycles. The van der Waals surface area contributed by atoms with Crippen molar-refractivity contribution in [2.45, 2.75) is 76.7 Å². The van der Waals surface area contributed by atoms with Crippen molar-refractivity contribution in [3.05, 3.63) is 0 Å². The molecule has 21 heavy (non-hydrogen) atoms. The van der Waals surface area contributed by atoms with E-state index >= 15 is 0 Å². The molecule has 8 saturated carbocycles. The highest BCUT2D eigenvalue weighted by Crippen LogP contribution is 2.74. The van der Waals surface area contributed by atoms with Gasteiger partial charge in [-0.1, -0.05) is 0 Å². The molecule has 0 radical (unpaired) electrons. The summed E-state index contributed by atoms with van der Waals surface area (Å²) in [5, 5.41) is 11.3. The SMILES string of the molecule is OC1C2CC3CC(C2)CC1(C12CC4CC(CC(C4)C1)C2)C3. The fourth-order valence-electron chi connectivity index (χ4n) is 9.48. The third-order valence-corrected chi connectivity index (χ3v) is 9.35. The van der Waals surface area contributed by atoms with Gasteiger partial charge in [-0.25, -0.2) is 0 Å². The van der Waals surface area contributed by atoms with Crippen LogP contribution in [0, 0.1) is 46.3 Å². The van der Waals surface area contributed by atoms with Gasteiger partial charge in [0.15, 0.2) is 0 Å². The van der Waals surface area contributed by atoms with Gasteiger partial charge in [-0.3, -0.25) is 0 Å². The maximum absolute atomic E-state index is 11.3. The lowest BCUT2D eigenvalue weighted by atomic mass is 9.34. The average molecular weight is 286 g/mol. The van der Waals surface area contributed by atoms with Gasteiger partial charge in [-0.15, -0.1) is 0 Å². The fourth-order valence-corrected chi connectivity index (χ4v) is 9.48. The number of rotatable bonds is 1. The standard InChI is InChI=1S/C20H30O/c21-18-17-5-15-4-16(6-17)11-20(18,10-15)19-7-12-1-13(8-19)3-14(2-12)9-19/h12-18,21H,1-11H2. The van der Waals surface area contributed by atoms with E-state index in [9.17, 15) is 5.11 Å². The molecule has 1 N–H and O–H groups in total. The first-order valence-electron chi connectivity index (χ1n) is 9.84. The van der Waals surface area contributed by atoms with Crippen molar-refractivity contribution >= 4 is 0 Å². The monoisotopic (exact) mass is 286 g/mol. The molecular weight excluding hydrogens is 256 g/mol. The van der Waals surface area contributed by atoms with E-state index in [4.69, 9.17) is 0 Å². The quantitative estimate of drug-likeness (QED) is 0.758. The second kappa shape index (κ2) is 3.71. The number of aliphatic hydroxyl groups is 1. The predicted molar refractivity (Wildman–Crippen MR) is 82.6 cm³/mol. The molecule has 8 fully saturated rings. The normalized spacial score (nSPS) is 67.0. The van der Waals surface area contributed by atoms with Crippen LogP contribution in [0.5, 0.6) is 0 Å². The Kier molecular flexibility index (Phi) is 2.19. The summed E-state index contributed by atoms with van der Waals surface area (Å²) in [5.41, 5.74) is 0.953. The van der Waals surface area contributed by atoms with E-state index in [1.54, 1.807) is 19.3 Å². The Labute approximate surface area is 128 Å². The number of hydrogen-bond donors (Lipinski definition) is 1. The molecule has 8 aliphatic rings. The molecule has 8 aliphatic carbocycles. The van der Waals surface area contributed by atoms with E-state index in [2.05, 4.69) is 0 Å². The predicted octanol–water partition coefficient (Wildman–Crippen LogP) is 4.39. The van der Waals surface area contributed by atoms with Gasteiger partial charge in [-0.2, -0.15) is 0 Å². The second-order valence-corrected chi connectivity index (χ2v) is 10.4. The summed E-state index contributed by atoms with van der Waals surface area (Å²) in [6.45, 7) is 0. The molecule has 0 aromatic heterocycles. The summed E-state index contributed by atoms with van der Waals surface area (Å²) in [7, 11) is 0. The summed E-state index contributed by atoms with van der Waals surface area (Å²) < 4.78 is 0. The van der Waals surface area contributed by atoms with Crippen LogP contribution in [0.4, 0.5) is 0 Å². The van der Waals surface area contributed by atoms with Crippen LogP contribution in [0.3, 0.4) is 0 Å². The van der Waals surface area contributed by atoms with E-state index in [1.165, 1.54) is 51.4 Å². The van der Waals surface area contributed by atoms with Crippen molar-refractivity contribution in [2.24, 2.45) is 46.3 Å². The van der Waals surface area contributed by atoms with E-state index in [0.717, 1.165) is 29.6 Å². The lowest BCUT2D eigenvalue weighted by Gasteiger charge is -2.71. The lowest BCUT2D eigenvalue weighted by Crippen LogP contribution is -2.66. The van der Waals surface area contributed by atoms with Crippen molar-refractivity contribution in [2.75, 3.05) is 0 Å². The molecule has 0 saturated heterocycles. The minimum absolute atomic E-state index is 0.0709. The molecule has 8 bridgehead atoms. The van der Waals surface area contributed by atoms with Crippen molar-refractivity contribution in [1.82, 2.24) is 0 Å². The van der Waals surface area contributed by atoms with Crippen molar-refractivity contribution in [3.63, 3.8) is 0 Å². The maximum Gasteiger partial charge on any atom is 0.0630 e. The van der Waals surface area contributed by atoms with E-state index in [0.29, 0.717) is 16.7 Å². The van der Waals surface area contributed by atoms with Crippen LogP contribution < -0.4 is 0 Å². The summed E-state index contributed by atoms with van der Waals surface area (Å²) in [4.78, 5) is 0. The van der Waals surface area contributed by atoms with Crippen LogP contribution in [-0.4, -0.2) is 11.2 Å². The number of hydrogen-bond acceptors (Lipinski definition) is 1.